The fourth-order valence-electron chi connectivity index (χ4n) is 1.44. The van der Waals surface area contributed by atoms with Gasteiger partial charge in [0.05, 0.1) is 24.1 Å². The monoisotopic (exact) mass is 212 g/mol. The maximum Gasteiger partial charge on any atom is 0.271 e. The summed E-state index contributed by atoms with van der Waals surface area (Å²) < 4.78 is 1.59. The molecule has 0 bridgehead atoms. The third-order valence-corrected chi connectivity index (χ3v) is 2.29. The predicted octanol–water partition coefficient (Wildman–Crippen LogP) is 0.975. The molecule has 74 valence electrons. The van der Waals surface area contributed by atoms with Gasteiger partial charge in [0.1, 0.15) is 0 Å². The standard InChI is InChI=1S/C9H9ClN2O2/c10-6-1-2-7-8(5-6)12(3-4-13)11-9(7)14/h1-2,5,13H,3-4H2,(H,11,14). The number of aromatic nitrogens is 2. The molecule has 2 aromatic rings. The Labute approximate surface area is 84.7 Å². The summed E-state index contributed by atoms with van der Waals surface area (Å²) in [5.41, 5.74) is 0.557. The molecule has 1 aromatic carbocycles. The summed E-state index contributed by atoms with van der Waals surface area (Å²) in [7, 11) is 0. The second kappa shape index (κ2) is 3.48. The average Bonchev–Trinajstić information content (AvgIpc) is 2.44. The lowest BCUT2D eigenvalue weighted by molar-refractivity contribution is 0.271. The maximum atomic E-state index is 11.4. The highest BCUT2D eigenvalue weighted by atomic mass is 35.5. The maximum absolute atomic E-state index is 11.4. The Bertz CT molecular complexity index is 515. The number of nitrogens with zero attached hydrogens (tertiary/aromatic N) is 1. The molecule has 0 saturated carbocycles. The molecule has 1 heterocycles. The molecule has 0 saturated heterocycles. The van der Waals surface area contributed by atoms with Gasteiger partial charge >= 0.3 is 0 Å². The highest BCUT2D eigenvalue weighted by Crippen LogP contribution is 2.16. The predicted molar refractivity (Wildman–Crippen MR) is 54.7 cm³/mol. The van der Waals surface area contributed by atoms with Crippen LogP contribution in [0.4, 0.5) is 0 Å². The number of fused-ring (bicyclic) bond motifs is 1. The van der Waals surface area contributed by atoms with E-state index < -0.39 is 0 Å². The third-order valence-electron chi connectivity index (χ3n) is 2.06. The van der Waals surface area contributed by atoms with Gasteiger partial charge in [-0.3, -0.25) is 14.6 Å². The number of hydrogen-bond acceptors (Lipinski definition) is 2. The molecule has 5 heteroatoms. The van der Waals surface area contributed by atoms with Crippen LogP contribution in [0.15, 0.2) is 23.0 Å². The summed E-state index contributed by atoms with van der Waals surface area (Å²) in [6.45, 7) is 0.339. The average molecular weight is 213 g/mol. The zero-order valence-electron chi connectivity index (χ0n) is 7.33. The van der Waals surface area contributed by atoms with Crippen molar-refractivity contribution in [1.82, 2.24) is 9.78 Å². The van der Waals surface area contributed by atoms with Gasteiger partial charge in [-0.2, -0.15) is 0 Å². The Morgan fingerprint density at radius 1 is 1.50 bits per heavy atom. The molecule has 2 rings (SSSR count). The normalized spacial score (nSPS) is 11.0. The number of rotatable bonds is 2. The molecule has 4 nitrogen and oxygen atoms in total. The first-order valence-electron chi connectivity index (χ1n) is 4.21. The smallest absolute Gasteiger partial charge is 0.271 e. The van der Waals surface area contributed by atoms with Crippen LogP contribution in [-0.2, 0) is 6.54 Å². The van der Waals surface area contributed by atoms with Gasteiger partial charge in [0.15, 0.2) is 0 Å². The molecule has 0 aliphatic carbocycles. The first kappa shape index (κ1) is 9.30. The van der Waals surface area contributed by atoms with Crippen LogP contribution in [0.5, 0.6) is 0 Å². The zero-order chi connectivity index (χ0) is 10.1. The van der Waals surface area contributed by atoms with Gasteiger partial charge in [0.25, 0.3) is 5.56 Å². The minimum absolute atomic E-state index is 0.0216. The van der Waals surface area contributed by atoms with Crippen LogP contribution in [0.2, 0.25) is 5.02 Å². The molecule has 1 aromatic heterocycles. The first-order valence-corrected chi connectivity index (χ1v) is 4.59. The Balaban J connectivity index is 2.72. The molecule has 0 radical (unpaired) electrons. The van der Waals surface area contributed by atoms with E-state index in [4.69, 9.17) is 16.7 Å². The highest BCUT2D eigenvalue weighted by Gasteiger charge is 2.05. The fraction of sp³-hybridized carbons (Fsp3) is 0.222. The summed E-state index contributed by atoms with van der Waals surface area (Å²) >= 11 is 5.81. The van der Waals surface area contributed by atoms with Crippen molar-refractivity contribution >= 4 is 22.5 Å². The van der Waals surface area contributed by atoms with Gasteiger partial charge in [-0.05, 0) is 18.2 Å². The van der Waals surface area contributed by atoms with Crippen molar-refractivity contribution in [2.75, 3.05) is 6.61 Å². The van der Waals surface area contributed by atoms with Crippen molar-refractivity contribution in [2.45, 2.75) is 6.54 Å². The summed E-state index contributed by atoms with van der Waals surface area (Å²) in [5.74, 6) is 0. The molecule has 0 aliphatic rings. The third kappa shape index (κ3) is 1.42. The largest absolute Gasteiger partial charge is 0.394 e. The number of hydrogen-bond donors (Lipinski definition) is 2. The van der Waals surface area contributed by atoms with E-state index in [0.29, 0.717) is 17.0 Å². The lowest BCUT2D eigenvalue weighted by atomic mass is 10.2. The lowest BCUT2D eigenvalue weighted by Gasteiger charge is -2.00. The number of nitrogens with one attached hydrogen (secondary N) is 1. The van der Waals surface area contributed by atoms with E-state index in [9.17, 15) is 4.79 Å². The number of halogens is 1. The van der Waals surface area contributed by atoms with Crippen molar-refractivity contribution in [1.29, 1.82) is 0 Å². The lowest BCUT2D eigenvalue weighted by Crippen LogP contribution is -2.08. The van der Waals surface area contributed by atoms with Gasteiger partial charge in [-0.1, -0.05) is 11.6 Å². The molecule has 0 amide bonds. The Morgan fingerprint density at radius 2 is 2.29 bits per heavy atom. The zero-order valence-corrected chi connectivity index (χ0v) is 8.08. The second-order valence-electron chi connectivity index (χ2n) is 2.98. The number of benzene rings is 1. The topological polar surface area (TPSA) is 58.0 Å². The summed E-state index contributed by atoms with van der Waals surface area (Å²) in [6.07, 6.45) is 0. The number of aliphatic hydroxyl groups is 1. The highest BCUT2D eigenvalue weighted by molar-refractivity contribution is 6.31. The Morgan fingerprint density at radius 3 is 3.00 bits per heavy atom. The van der Waals surface area contributed by atoms with Crippen LogP contribution in [0.1, 0.15) is 0 Å². The minimum atomic E-state index is -0.162. The van der Waals surface area contributed by atoms with Gasteiger partial charge in [-0.15, -0.1) is 0 Å². The van der Waals surface area contributed by atoms with Crippen molar-refractivity contribution in [3.8, 4) is 0 Å². The molecule has 0 atom stereocenters. The molecule has 0 fully saturated rings. The van der Waals surface area contributed by atoms with Crippen molar-refractivity contribution in [2.24, 2.45) is 0 Å². The minimum Gasteiger partial charge on any atom is -0.394 e. The van der Waals surface area contributed by atoms with E-state index in [-0.39, 0.29) is 12.2 Å². The van der Waals surface area contributed by atoms with Crippen LogP contribution < -0.4 is 5.56 Å². The van der Waals surface area contributed by atoms with Gasteiger partial charge < -0.3 is 5.11 Å². The van der Waals surface area contributed by atoms with Crippen LogP contribution in [-0.4, -0.2) is 21.5 Å². The molecule has 0 aliphatic heterocycles. The molecule has 14 heavy (non-hydrogen) atoms. The van der Waals surface area contributed by atoms with E-state index in [2.05, 4.69) is 5.10 Å². The Kier molecular flexibility index (Phi) is 2.31. The summed E-state index contributed by atoms with van der Waals surface area (Å²) in [5, 5.41) is 12.6. The molecule has 2 N–H and O–H groups in total. The van der Waals surface area contributed by atoms with Gasteiger partial charge in [0, 0.05) is 5.02 Å². The van der Waals surface area contributed by atoms with E-state index in [1.807, 2.05) is 0 Å². The summed E-state index contributed by atoms with van der Waals surface area (Å²) in [4.78, 5) is 11.4. The van der Waals surface area contributed by atoms with Gasteiger partial charge in [0.2, 0.25) is 0 Å². The van der Waals surface area contributed by atoms with Crippen molar-refractivity contribution in [3.05, 3.63) is 33.6 Å². The summed E-state index contributed by atoms with van der Waals surface area (Å²) in [6, 6.07) is 5.04. The quantitative estimate of drug-likeness (QED) is 0.780. The van der Waals surface area contributed by atoms with Crippen molar-refractivity contribution < 1.29 is 5.11 Å². The molecule has 0 unspecified atom stereocenters. The van der Waals surface area contributed by atoms with E-state index in [1.54, 1.807) is 22.9 Å². The van der Waals surface area contributed by atoms with Gasteiger partial charge in [-0.25, -0.2) is 0 Å². The van der Waals surface area contributed by atoms with E-state index >= 15 is 0 Å². The fourth-order valence-corrected chi connectivity index (χ4v) is 1.61. The van der Waals surface area contributed by atoms with Crippen LogP contribution in [0, 0.1) is 0 Å². The second-order valence-corrected chi connectivity index (χ2v) is 3.41. The van der Waals surface area contributed by atoms with Crippen molar-refractivity contribution in [3.63, 3.8) is 0 Å². The molecule has 0 spiro atoms. The Hall–Kier alpha value is -1.26. The first-order chi connectivity index (χ1) is 6.72. The van der Waals surface area contributed by atoms with E-state index in [0.717, 1.165) is 5.52 Å². The molecular formula is C9H9ClN2O2. The number of aliphatic hydroxyl groups excluding tert-OH is 1. The SMILES string of the molecule is O=c1[nH]n(CCO)c2cc(Cl)ccc12. The number of H-pyrrole nitrogens is 1. The van der Waals surface area contributed by atoms with E-state index in [1.165, 1.54) is 0 Å². The van der Waals surface area contributed by atoms with Crippen LogP contribution >= 0.6 is 11.6 Å². The van der Waals surface area contributed by atoms with Crippen LogP contribution in [0.3, 0.4) is 0 Å². The van der Waals surface area contributed by atoms with Crippen LogP contribution in [0.25, 0.3) is 10.9 Å². The number of aromatic amines is 1. The molecular weight excluding hydrogens is 204 g/mol.